The minimum atomic E-state index is 0.861. The van der Waals surface area contributed by atoms with Crippen molar-refractivity contribution in [3.05, 3.63) is 23.9 Å². The summed E-state index contributed by atoms with van der Waals surface area (Å²) in [5.74, 6) is 1.11. The molecule has 0 amide bonds. The molecule has 1 saturated heterocycles. The van der Waals surface area contributed by atoms with Crippen LogP contribution in [0, 0.1) is 6.92 Å². The van der Waals surface area contributed by atoms with Crippen molar-refractivity contribution in [1.29, 1.82) is 0 Å². The summed E-state index contributed by atoms with van der Waals surface area (Å²) < 4.78 is 5.09. The Bertz CT molecular complexity index is 345. The van der Waals surface area contributed by atoms with Gasteiger partial charge in [-0.3, -0.25) is 4.90 Å². The average molecular weight is 249 g/mol. The van der Waals surface area contributed by atoms with Crippen molar-refractivity contribution in [3.63, 3.8) is 0 Å². The molecule has 0 bridgehead atoms. The number of hydrogen-bond acceptors (Lipinski definition) is 4. The molecule has 2 heterocycles. The predicted octanol–water partition coefficient (Wildman–Crippen LogP) is 1.55. The molecule has 0 aliphatic carbocycles. The molecule has 1 aromatic heterocycles. The average Bonchev–Trinajstić information content (AvgIpc) is 2.41. The Morgan fingerprint density at radius 3 is 2.61 bits per heavy atom. The molecule has 0 N–H and O–H groups in total. The number of nitrogens with zero attached hydrogens (tertiary/aromatic N) is 3. The first-order valence-electron chi connectivity index (χ1n) is 6.68. The summed E-state index contributed by atoms with van der Waals surface area (Å²) in [6.07, 6.45) is 3.07. The minimum Gasteiger partial charge on any atom is -0.385 e. The normalized spacial score (nSPS) is 17.1. The molecule has 100 valence electrons. The molecule has 1 aromatic rings. The lowest BCUT2D eigenvalue weighted by atomic mass is 10.2. The van der Waals surface area contributed by atoms with Crippen molar-refractivity contribution in [2.45, 2.75) is 13.3 Å². The first-order chi connectivity index (χ1) is 8.79. The summed E-state index contributed by atoms with van der Waals surface area (Å²) in [5, 5.41) is 0. The van der Waals surface area contributed by atoms with Crippen LogP contribution in [0.4, 0.5) is 5.82 Å². The van der Waals surface area contributed by atoms with Crippen molar-refractivity contribution in [3.8, 4) is 0 Å². The highest BCUT2D eigenvalue weighted by molar-refractivity contribution is 5.39. The zero-order valence-electron chi connectivity index (χ0n) is 11.4. The molecule has 1 aliphatic rings. The number of methoxy groups -OCH3 is 1. The highest BCUT2D eigenvalue weighted by Crippen LogP contribution is 2.13. The van der Waals surface area contributed by atoms with Crippen molar-refractivity contribution in [2.24, 2.45) is 0 Å². The van der Waals surface area contributed by atoms with Gasteiger partial charge in [0.05, 0.1) is 0 Å². The van der Waals surface area contributed by atoms with Gasteiger partial charge in [-0.15, -0.1) is 0 Å². The van der Waals surface area contributed by atoms with E-state index in [0.29, 0.717) is 0 Å². The Balaban J connectivity index is 1.77. The van der Waals surface area contributed by atoms with Crippen molar-refractivity contribution in [2.75, 3.05) is 51.3 Å². The van der Waals surface area contributed by atoms with E-state index in [-0.39, 0.29) is 0 Å². The zero-order chi connectivity index (χ0) is 12.8. The topological polar surface area (TPSA) is 28.6 Å². The van der Waals surface area contributed by atoms with Gasteiger partial charge in [-0.05, 0) is 25.0 Å². The molecule has 4 nitrogen and oxygen atoms in total. The monoisotopic (exact) mass is 249 g/mol. The fourth-order valence-electron chi connectivity index (χ4n) is 2.28. The molecule has 18 heavy (non-hydrogen) atoms. The lowest BCUT2D eigenvalue weighted by Crippen LogP contribution is -2.47. The molecule has 0 spiro atoms. The van der Waals surface area contributed by atoms with Crippen molar-refractivity contribution >= 4 is 5.82 Å². The van der Waals surface area contributed by atoms with Crippen LogP contribution in [-0.4, -0.2) is 56.3 Å². The zero-order valence-corrected chi connectivity index (χ0v) is 11.4. The van der Waals surface area contributed by atoms with Gasteiger partial charge in [0.2, 0.25) is 0 Å². The number of ether oxygens (including phenoxy) is 1. The lowest BCUT2D eigenvalue weighted by molar-refractivity contribution is 0.169. The molecule has 1 fully saturated rings. The van der Waals surface area contributed by atoms with Crippen LogP contribution in [0.2, 0.25) is 0 Å². The number of pyridine rings is 1. The number of aryl methyl sites for hydroxylation is 1. The molecule has 4 heteroatoms. The van der Waals surface area contributed by atoms with Crippen molar-refractivity contribution in [1.82, 2.24) is 9.88 Å². The van der Waals surface area contributed by atoms with Crippen LogP contribution >= 0.6 is 0 Å². The Morgan fingerprint density at radius 1 is 1.22 bits per heavy atom. The Labute approximate surface area is 110 Å². The largest absolute Gasteiger partial charge is 0.385 e. The Morgan fingerprint density at radius 2 is 2.00 bits per heavy atom. The summed E-state index contributed by atoms with van der Waals surface area (Å²) in [7, 11) is 1.76. The van der Waals surface area contributed by atoms with E-state index in [1.54, 1.807) is 7.11 Å². The van der Waals surface area contributed by atoms with Gasteiger partial charge in [-0.1, -0.05) is 6.07 Å². The molecular formula is C14H23N3O. The molecular weight excluding hydrogens is 226 g/mol. The second kappa shape index (κ2) is 6.71. The highest BCUT2D eigenvalue weighted by Gasteiger charge is 2.17. The van der Waals surface area contributed by atoms with Crippen molar-refractivity contribution < 1.29 is 4.74 Å². The van der Waals surface area contributed by atoms with Gasteiger partial charge in [0, 0.05) is 52.6 Å². The van der Waals surface area contributed by atoms with E-state index < -0.39 is 0 Å². The number of anilines is 1. The van der Waals surface area contributed by atoms with E-state index in [9.17, 15) is 0 Å². The van der Waals surface area contributed by atoms with Crippen LogP contribution in [-0.2, 0) is 4.74 Å². The minimum absolute atomic E-state index is 0.861. The summed E-state index contributed by atoms with van der Waals surface area (Å²) >= 11 is 0. The first-order valence-corrected chi connectivity index (χ1v) is 6.68. The molecule has 2 rings (SSSR count). The van der Waals surface area contributed by atoms with Gasteiger partial charge in [0.1, 0.15) is 5.82 Å². The van der Waals surface area contributed by atoms with E-state index in [2.05, 4.69) is 33.8 Å². The lowest BCUT2D eigenvalue weighted by Gasteiger charge is -2.35. The summed E-state index contributed by atoms with van der Waals surface area (Å²) in [6, 6.07) is 4.25. The SMILES string of the molecule is COCCCN1CCN(c2ccc(C)cn2)CC1. The predicted molar refractivity (Wildman–Crippen MR) is 74.1 cm³/mol. The molecule has 0 radical (unpaired) electrons. The first kappa shape index (κ1) is 13.3. The molecule has 0 atom stereocenters. The van der Waals surface area contributed by atoms with Gasteiger partial charge in [-0.25, -0.2) is 4.98 Å². The van der Waals surface area contributed by atoms with E-state index in [1.165, 1.54) is 5.56 Å². The van der Waals surface area contributed by atoms with Crippen LogP contribution < -0.4 is 4.90 Å². The second-order valence-electron chi connectivity index (χ2n) is 4.87. The molecule has 0 aromatic carbocycles. The third-order valence-corrected chi connectivity index (χ3v) is 3.41. The van der Waals surface area contributed by atoms with Gasteiger partial charge in [0.25, 0.3) is 0 Å². The van der Waals surface area contributed by atoms with Crippen LogP contribution in [0.3, 0.4) is 0 Å². The maximum Gasteiger partial charge on any atom is 0.128 e. The van der Waals surface area contributed by atoms with Crippen LogP contribution in [0.5, 0.6) is 0 Å². The smallest absolute Gasteiger partial charge is 0.128 e. The number of aromatic nitrogens is 1. The number of rotatable bonds is 5. The third kappa shape index (κ3) is 3.68. The van der Waals surface area contributed by atoms with Crippen LogP contribution in [0.25, 0.3) is 0 Å². The quantitative estimate of drug-likeness (QED) is 0.740. The third-order valence-electron chi connectivity index (χ3n) is 3.41. The second-order valence-corrected chi connectivity index (χ2v) is 4.87. The number of hydrogen-bond donors (Lipinski definition) is 0. The fourth-order valence-corrected chi connectivity index (χ4v) is 2.28. The Kier molecular flexibility index (Phi) is 4.96. The summed E-state index contributed by atoms with van der Waals surface area (Å²) in [5.41, 5.74) is 1.22. The van der Waals surface area contributed by atoms with E-state index >= 15 is 0 Å². The van der Waals surface area contributed by atoms with Crippen LogP contribution in [0.15, 0.2) is 18.3 Å². The Hall–Kier alpha value is -1.13. The van der Waals surface area contributed by atoms with Gasteiger partial charge in [-0.2, -0.15) is 0 Å². The standard InChI is InChI=1S/C14H23N3O/c1-13-4-5-14(15-12-13)17-9-7-16(8-10-17)6-3-11-18-2/h4-5,12H,3,6-11H2,1-2H3. The van der Waals surface area contributed by atoms with Gasteiger partial charge >= 0.3 is 0 Å². The summed E-state index contributed by atoms with van der Waals surface area (Å²) in [6.45, 7) is 8.47. The van der Waals surface area contributed by atoms with E-state index in [4.69, 9.17) is 4.74 Å². The molecule has 0 saturated carbocycles. The fraction of sp³-hybridized carbons (Fsp3) is 0.643. The van der Waals surface area contributed by atoms with Crippen LogP contribution in [0.1, 0.15) is 12.0 Å². The highest BCUT2D eigenvalue weighted by atomic mass is 16.5. The maximum atomic E-state index is 5.09. The summed E-state index contributed by atoms with van der Waals surface area (Å²) in [4.78, 5) is 9.36. The van der Waals surface area contributed by atoms with Gasteiger partial charge < -0.3 is 9.64 Å². The maximum absolute atomic E-state index is 5.09. The number of piperazine rings is 1. The van der Waals surface area contributed by atoms with E-state index in [1.807, 2.05) is 6.20 Å². The molecule has 1 aliphatic heterocycles. The van der Waals surface area contributed by atoms with Gasteiger partial charge in [0.15, 0.2) is 0 Å². The van der Waals surface area contributed by atoms with E-state index in [0.717, 1.165) is 51.6 Å². The molecule has 0 unspecified atom stereocenters.